The van der Waals surface area contributed by atoms with Gasteiger partial charge < -0.3 is 10.3 Å². The molecule has 0 unspecified atom stereocenters. The molecule has 0 spiro atoms. The van der Waals surface area contributed by atoms with Crippen LogP contribution in [0.1, 0.15) is 12.8 Å². The van der Waals surface area contributed by atoms with E-state index >= 15 is 0 Å². The van der Waals surface area contributed by atoms with Gasteiger partial charge in [0.2, 0.25) is 11.9 Å². The van der Waals surface area contributed by atoms with Gasteiger partial charge in [-0.2, -0.15) is 4.98 Å². The van der Waals surface area contributed by atoms with E-state index in [-0.39, 0.29) is 29.4 Å². The molecule has 0 saturated heterocycles. The fraction of sp³-hybridized carbons (Fsp3) is 0.500. The number of fused-ring (bicyclic) bond motifs is 1. The molecular weight excluding hydrogens is 276 g/mol. The molecule has 2 aromatic heterocycles. The minimum atomic E-state index is -0.466. The summed E-state index contributed by atoms with van der Waals surface area (Å²) in [5.41, 5.74) is 4.93. The number of nitrogens with two attached hydrogens (primary N) is 1. The highest BCUT2D eigenvalue weighted by atomic mass is 16.2. The molecule has 114 valence electrons. The fourth-order valence-corrected chi connectivity index (χ4v) is 2.08. The summed E-state index contributed by atoms with van der Waals surface area (Å²) >= 11 is 0. The van der Waals surface area contributed by atoms with Crippen LogP contribution in [0.3, 0.4) is 0 Å². The molecule has 21 heavy (non-hydrogen) atoms. The zero-order chi connectivity index (χ0) is 15.7. The number of rotatable bonds is 4. The van der Waals surface area contributed by atoms with Gasteiger partial charge in [0.05, 0.1) is 0 Å². The third-order valence-corrected chi connectivity index (χ3v) is 3.33. The van der Waals surface area contributed by atoms with Crippen LogP contribution < -0.4 is 22.3 Å². The van der Waals surface area contributed by atoms with Crippen molar-refractivity contribution in [3.63, 3.8) is 0 Å². The molecule has 1 amide bonds. The van der Waals surface area contributed by atoms with Crippen LogP contribution in [-0.4, -0.2) is 31.1 Å². The van der Waals surface area contributed by atoms with Crippen LogP contribution in [0.2, 0.25) is 0 Å². The van der Waals surface area contributed by atoms with E-state index in [1.165, 1.54) is 23.2 Å². The Bertz CT molecular complexity index is 813. The van der Waals surface area contributed by atoms with E-state index < -0.39 is 11.2 Å². The summed E-state index contributed by atoms with van der Waals surface area (Å²) in [6.45, 7) is 0.422. The maximum Gasteiger partial charge on any atom is 0.332 e. The van der Waals surface area contributed by atoms with Crippen LogP contribution in [0, 0.1) is 0 Å². The van der Waals surface area contributed by atoms with Crippen LogP contribution >= 0.6 is 0 Å². The number of aryl methyl sites for hydroxylation is 2. The van der Waals surface area contributed by atoms with E-state index in [1.807, 2.05) is 0 Å². The van der Waals surface area contributed by atoms with Crippen molar-refractivity contribution < 1.29 is 4.79 Å². The molecule has 9 nitrogen and oxygen atoms in total. The fourth-order valence-electron chi connectivity index (χ4n) is 2.08. The van der Waals surface area contributed by atoms with Crippen LogP contribution in [0.4, 0.5) is 5.95 Å². The second kappa shape index (κ2) is 5.52. The molecule has 2 heterocycles. The molecule has 0 aliphatic heterocycles. The number of anilines is 1. The van der Waals surface area contributed by atoms with Crippen molar-refractivity contribution in [2.45, 2.75) is 12.8 Å². The lowest BCUT2D eigenvalue weighted by atomic mass is 10.3. The van der Waals surface area contributed by atoms with E-state index in [0.29, 0.717) is 13.0 Å². The predicted octanol–water partition coefficient (Wildman–Crippen LogP) is -1.35. The van der Waals surface area contributed by atoms with E-state index in [9.17, 15) is 14.4 Å². The number of imidazole rings is 1. The number of nitrogens with one attached hydrogen (secondary N) is 1. The molecule has 0 aliphatic rings. The highest BCUT2D eigenvalue weighted by Gasteiger charge is 2.17. The van der Waals surface area contributed by atoms with Gasteiger partial charge in [-0.1, -0.05) is 0 Å². The number of hydrogen-bond donors (Lipinski definition) is 2. The summed E-state index contributed by atoms with van der Waals surface area (Å²) in [5, 5.41) is 2.62. The second-order valence-corrected chi connectivity index (χ2v) is 4.81. The molecule has 2 rings (SSSR count). The maximum absolute atomic E-state index is 12.2. The zero-order valence-corrected chi connectivity index (χ0v) is 12.2. The summed E-state index contributed by atoms with van der Waals surface area (Å²) in [6.07, 6.45) is 0.840. The number of hydrogen-bond acceptors (Lipinski definition) is 5. The summed E-state index contributed by atoms with van der Waals surface area (Å²) in [5.74, 6) is -0.00833. The molecule has 0 aliphatic carbocycles. The van der Waals surface area contributed by atoms with Crippen molar-refractivity contribution in [1.29, 1.82) is 0 Å². The minimum absolute atomic E-state index is 0.227. The van der Waals surface area contributed by atoms with Crippen molar-refractivity contribution in [2.24, 2.45) is 26.9 Å². The van der Waals surface area contributed by atoms with Crippen LogP contribution in [-0.2, 0) is 25.9 Å². The third kappa shape index (κ3) is 2.47. The predicted molar refractivity (Wildman–Crippen MR) is 78.1 cm³/mol. The Morgan fingerprint density at radius 3 is 2.48 bits per heavy atom. The molecule has 9 heteroatoms. The first-order chi connectivity index (χ1) is 9.88. The summed E-state index contributed by atoms with van der Waals surface area (Å²) < 4.78 is 3.74. The normalized spacial score (nSPS) is 11.0. The van der Waals surface area contributed by atoms with Crippen molar-refractivity contribution in [3.8, 4) is 0 Å². The van der Waals surface area contributed by atoms with Gasteiger partial charge in [0.1, 0.15) is 0 Å². The first kappa shape index (κ1) is 15.0. The molecule has 0 fully saturated rings. The minimum Gasteiger partial charge on any atom is -0.330 e. The number of carbonyl (C=O) groups excluding carboxylic acids is 1. The Balaban J connectivity index is 2.54. The Morgan fingerprint density at radius 2 is 1.86 bits per heavy atom. The second-order valence-electron chi connectivity index (χ2n) is 4.81. The Kier molecular flexibility index (Phi) is 3.94. The summed E-state index contributed by atoms with van der Waals surface area (Å²) in [7, 11) is 4.54. The molecular formula is C12H18N6O3. The quantitative estimate of drug-likeness (QED) is 0.723. The largest absolute Gasteiger partial charge is 0.332 e. The summed E-state index contributed by atoms with van der Waals surface area (Å²) in [4.78, 5) is 39.9. The van der Waals surface area contributed by atoms with Gasteiger partial charge in [-0.25, -0.2) is 4.79 Å². The molecule has 0 atom stereocenters. The molecule has 0 radical (unpaired) electrons. The average Bonchev–Trinajstić information content (AvgIpc) is 2.78. The van der Waals surface area contributed by atoms with Gasteiger partial charge in [0.15, 0.2) is 11.2 Å². The van der Waals surface area contributed by atoms with Gasteiger partial charge >= 0.3 is 5.69 Å². The van der Waals surface area contributed by atoms with E-state index in [4.69, 9.17) is 5.73 Å². The standard InChI is InChI=1S/C12H18N6O3/c1-16-8-9(17(2)12(21)18(3)10(8)20)15-11(16)14-7(19)5-4-6-13/h4-6,13H2,1-3H3,(H,14,15,19). The van der Waals surface area contributed by atoms with Gasteiger partial charge in [0.25, 0.3) is 5.56 Å². The highest BCUT2D eigenvalue weighted by molar-refractivity contribution is 5.90. The van der Waals surface area contributed by atoms with Crippen LogP contribution in [0.15, 0.2) is 9.59 Å². The number of aromatic nitrogens is 4. The van der Waals surface area contributed by atoms with Crippen molar-refractivity contribution in [3.05, 3.63) is 20.8 Å². The van der Waals surface area contributed by atoms with E-state index in [1.54, 1.807) is 7.05 Å². The lowest BCUT2D eigenvalue weighted by Crippen LogP contribution is -2.37. The topological polar surface area (TPSA) is 117 Å². The van der Waals surface area contributed by atoms with Crippen LogP contribution in [0.5, 0.6) is 0 Å². The Hall–Kier alpha value is -2.42. The van der Waals surface area contributed by atoms with Crippen LogP contribution in [0.25, 0.3) is 11.2 Å². The van der Waals surface area contributed by atoms with Gasteiger partial charge in [-0.15, -0.1) is 0 Å². The summed E-state index contributed by atoms with van der Waals surface area (Å²) in [6, 6.07) is 0. The van der Waals surface area contributed by atoms with Gasteiger partial charge in [-0.3, -0.25) is 24.0 Å². The number of carbonyl (C=O) groups is 1. The van der Waals surface area contributed by atoms with Crippen molar-refractivity contribution >= 4 is 23.0 Å². The van der Waals surface area contributed by atoms with E-state index in [0.717, 1.165) is 4.57 Å². The first-order valence-electron chi connectivity index (χ1n) is 6.50. The molecule has 0 saturated carbocycles. The molecule has 0 bridgehead atoms. The molecule has 2 aromatic rings. The van der Waals surface area contributed by atoms with Gasteiger partial charge in [-0.05, 0) is 13.0 Å². The average molecular weight is 294 g/mol. The van der Waals surface area contributed by atoms with E-state index in [2.05, 4.69) is 10.3 Å². The monoisotopic (exact) mass is 294 g/mol. The number of nitrogens with zero attached hydrogens (tertiary/aromatic N) is 4. The van der Waals surface area contributed by atoms with Gasteiger partial charge in [0, 0.05) is 27.6 Å². The zero-order valence-electron chi connectivity index (χ0n) is 12.2. The number of amides is 1. The highest BCUT2D eigenvalue weighted by Crippen LogP contribution is 2.13. The first-order valence-corrected chi connectivity index (χ1v) is 6.50. The third-order valence-electron chi connectivity index (χ3n) is 3.33. The lowest BCUT2D eigenvalue weighted by molar-refractivity contribution is -0.116. The van der Waals surface area contributed by atoms with Crippen molar-refractivity contribution in [2.75, 3.05) is 11.9 Å². The maximum atomic E-state index is 12.2. The SMILES string of the molecule is Cn1c(=O)c2c(nc(NC(=O)CCCN)n2C)n(C)c1=O. The Morgan fingerprint density at radius 1 is 1.19 bits per heavy atom. The lowest BCUT2D eigenvalue weighted by Gasteiger charge is -2.04. The van der Waals surface area contributed by atoms with Crippen molar-refractivity contribution in [1.82, 2.24) is 18.7 Å². The molecule has 3 N–H and O–H groups in total. The molecule has 0 aromatic carbocycles. The Labute approximate surface area is 120 Å². The smallest absolute Gasteiger partial charge is 0.330 e.